The molecule has 1 aliphatic rings. The first-order chi connectivity index (χ1) is 9.87. The Morgan fingerprint density at radius 2 is 1.67 bits per heavy atom. The summed E-state index contributed by atoms with van der Waals surface area (Å²) >= 11 is 0. The molecule has 1 aliphatic carbocycles. The van der Waals surface area contributed by atoms with E-state index in [1.54, 1.807) is 8.61 Å². The van der Waals surface area contributed by atoms with Crippen molar-refractivity contribution in [3.05, 3.63) is 0 Å². The maximum atomic E-state index is 13.0. The van der Waals surface area contributed by atoms with Gasteiger partial charge in [-0.1, -0.05) is 27.7 Å². The van der Waals surface area contributed by atoms with E-state index in [1.165, 1.54) is 0 Å². The molecular formula is C15H33N3O2S. The molecule has 0 bridgehead atoms. The average Bonchev–Trinajstić information content (AvgIpc) is 2.47. The van der Waals surface area contributed by atoms with Crippen molar-refractivity contribution in [2.75, 3.05) is 26.2 Å². The molecule has 21 heavy (non-hydrogen) atoms. The van der Waals surface area contributed by atoms with E-state index < -0.39 is 10.2 Å². The molecule has 0 radical (unpaired) electrons. The lowest BCUT2D eigenvalue weighted by Crippen LogP contribution is -2.61. The molecule has 0 heterocycles. The second-order valence-corrected chi connectivity index (χ2v) is 8.13. The smallest absolute Gasteiger partial charge is 0.282 e. The Bertz CT molecular complexity index is 399. The SMILES string of the molecule is CCCN(C1(CN)CCC(C)CC1)S(=O)(=O)N(CC)CC. The van der Waals surface area contributed by atoms with Crippen molar-refractivity contribution < 1.29 is 8.42 Å². The van der Waals surface area contributed by atoms with E-state index in [2.05, 4.69) is 6.92 Å². The molecule has 0 aromatic heterocycles. The van der Waals surface area contributed by atoms with Crippen molar-refractivity contribution >= 4 is 10.2 Å². The second-order valence-electron chi connectivity index (χ2n) is 6.28. The third kappa shape index (κ3) is 3.97. The third-order valence-electron chi connectivity index (χ3n) is 4.85. The van der Waals surface area contributed by atoms with E-state index in [4.69, 9.17) is 5.73 Å². The van der Waals surface area contributed by atoms with Gasteiger partial charge in [0.15, 0.2) is 0 Å². The number of hydrogen-bond donors (Lipinski definition) is 1. The maximum Gasteiger partial charge on any atom is 0.282 e. The van der Waals surface area contributed by atoms with E-state index >= 15 is 0 Å². The third-order valence-corrected chi connectivity index (χ3v) is 7.15. The van der Waals surface area contributed by atoms with Crippen LogP contribution < -0.4 is 5.73 Å². The minimum atomic E-state index is -3.43. The molecule has 6 heteroatoms. The molecule has 0 atom stereocenters. The van der Waals surface area contributed by atoms with Crippen LogP contribution in [0.5, 0.6) is 0 Å². The minimum Gasteiger partial charge on any atom is -0.329 e. The summed E-state index contributed by atoms with van der Waals surface area (Å²) < 4.78 is 29.3. The molecule has 1 rings (SSSR count). The lowest BCUT2D eigenvalue weighted by molar-refractivity contribution is 0.109. The summed E-state index contributed by atoms with van der Waals surface area (Å²) in [6.07, 6.45) is 4.70. The molecule has 0 unspecified atom stereocenters. The molecule has 5 nitrogen and oxygen atoms in total. The molecule has 0 aromatic rings. The van der Waals surface area contributed by atoms with Crippen LogP contribution in [0, 0.1) is 5.92 Å². The van der Waals surface area contributed by atoms with Crippen molar-refractivity contribution in [2.45, 2.75) is 65.3 Å². The summed E-state index contributed by atoms with van der Waals surface area (Å²) in [6, 6.07) is 0. The summed E-state index contributed by atoms with van der Waals surface area (Å²) in [5.41, 5.74) is 5.68. The highest BCUT2D eigenvalue weighted by atomic mass is 32.2. The molecule has 0 spiro atoms. The zero-order valence-corrected chi connectivity index (χ0v) is 15.0. The van der Waals surface area contributed by atoms with Crippen LogP contribution in [-0.2, 0) is 10.2 Å². The molecule has 126 valence electrons. The average molecular weight is 320 g/mol. The van der Waals surface area contributed by atoms with Gasteiger partial charge in [-0.15, -0.1) is 0 Å². The molecule has 0 aromatic carbocycles. The number of nitrogens with two attached hydrogens (primary N) is 1. The first kappa shape index (κ1) is 18.9. The van der Waals surface area contributed by atoms with Gasteiger partial charge in [-0.05, 0) is 38.0 Å². The number of nitrogens with zero attached hydrogens (tertiary/aromatic N) is 2. The lowest BCUT2D eigenvalue weighted by Gasteiger charge is -2.47. The van der Waals surface area contributed by atoms with Gasteiger partial charge in [0.05, 0.1) is 0 Å². The van der Waals surface area contributed by atoms with Crippen LogP contribution in [0.25, 0.3) is 0 Å². The maximum absolute atomic E-state index is 13.0. The Balaban J connectivity index is 3.14. The van der Waals surface area contributed by atoms with E-state index in [-0.39, 0.29) is 5.54 Å². The molecule has 0 saturated heterocycles. The van der Waals surface area contributed by atoms with Crippen LogP contribution in [-0.4, -0.2) is 48.7 Å². The first-order valence-electron chi connectivity index (χ1n) is 8.35. The fourth-order valence-electron chi connectivity index (χ4n) is 3.34. The normalized spacial score (nSPS) is 27.5. The van der Waals surface area contributed by atoms with Gasteiger partial charge >= 0.3 is 0 Å². The Hall–Kier alpha value is -0.170. The fraction of sp³-hybridized carbons (Fsp3) is 1.00. The zero-order chi connectivity index (χ0) is 16.1. The van der Waals surface area contributed by atoms with Crippen LogP contribution in [0.3, 0.4) is 0 Å². The second kappa shape index (κ2) is 7.90. The van der Waals surface area contributed by atoms with Crippen LogP contribution in [0.15, 0.2) is 0 Å². The first-order valence-corrected chi connectivity index (χ1v) is 9.75. The summed E-state index contributed by atoms with van der Waals surface area (Å²) in [6.45, 7) is 10.0. The van der Waals surface area contributed by atoms with Crippen LogP contribution >= 0.6 is 0 Å². The van der Waals surface area contributed by atoms with Gasteiger partial charge in [-0.2, -0.15) is 17.0 Å². The van der Waals surface area contributed by atoms with Gasteiger partial charge < -0.3 is 5.73 Å². The van der Waals surface area contributed by atoms with Crippen molar-refractivity contribution in [3.8, 4) is 0 Å². The topological polar surface area (TPSA) is 66.6 Å². The van der Waals surface area contributed by atoms with E-state index in [1.807, 2.05) is 20.8 Å². The van der Waals surface area contributed by atoms with Crippen molar-refractivity contribution in [1.82, 2.24) is 8.61 Å². The lowest BCUT2D eigenvalue weighted by atomic mass is 9.77. The Kier molecular flexibility index (Phi) is 7.10. The Labute approximate surface area is 131 Å². The molecule has 2 N–H and O–H groups in total. The van der Waals surface area contributed by atoms with Crippen LogP contribution in [0.1, 0.15) is 59.8 Å². The van der Waals surface area contributed by atoms with Gasteiger partial charge in [0.2, 0.25) is 0 Å². The highest BCUT2D eigenvalue weighted by Gasteiger charge is 2.45. The van der Waals surface area contributed by atoms with E-state index in [0.717, 1.165) is 32.1 Å². The number of rotatable bonds is 8. The molecule has 1 fully saturated rings. The highest BCUT2D eigenvalue weighted by Crippen LogP contribution is 2.38. The van der Waals surface area contributed by atoms with Crippen molar-refractivity contribution in [1.29, 1.82) is 0 Å². The highest BCUT2D eigenvalue weighted by molar-refractivity contribution is 7.86. The minimum absolute atomic E-state index is 0.385. The summed E-state index contributed by atoms with van der Waals surface area (Å²) in [5.74, 6) is 0.671. The van der Waals surface area contributed by atoms with Crippen LogP contribution in [0.2, 0.25) is 0 Å². The zero-order valence-electron chi connectivity index (χ0n) is 14.1. The monoisotopic (exact) mass is 319 g/mol. The van der Waals surface area contributed by atoms with Crippen LogP contribution in [0.4, 0.5) is 0 Å². The van der Waals surface area contributed by atoms with E-state index in [9.17, 15) is 8.42 Å². The van der Waals surface area contributed by atoms with Gasteiger partial charge in [-0.3, -0.25) is 0 Å². The predicted octanol–water partition coefficient (Wildman–Crippen LogP) is 2.19. The van der Waals surface area contributed by atoms with E-state index in [0.29, 0.717) is 32.1 Å². The van der Waals surface area contributed by atoms with Crippen molar-refractivity contribution in [3.63, 3.8) is 0 Å². The van der Waals surface area contributed by atoms with Gasteiger partial charge in [0.25, 0.3) is 10.2 Å². The largest absolute Gasteiger partial charge is 0.329 e. The quantitative estimate of drug-likeness (QED) is 0.746. The standard InChI is InChI=1S/C15H33N3O2S/c1-5-12-18(21(19,20)17(6-2)7-3)15(13-16)10-8-14(4)9-11-15/h14H,5-13,16H2,1-4H3. The fourth-order valence-corrected chi connectivity index (χ4v) is 5.44. The summed E-state index contributed by atoms with van der Waals surface area (Å²) in [7, 11) is -3.43. The Morgan fingerprint density at radius 1 is 1.14 bits per heavy atom. The van der Waals surface area contributed by atoms with Gasteiger partial charge in [-0.25, -0.2) is 0 Å². The number of hydrogen-bond acceptors (Lipinski definition) is 3. The predicted molar refractivity (Wildman–Crippen MR) is 88.3 cm³/mol. The summed E-state index contributed by atoms with van der Waals surface area (Å²) in [4.78, 5) is 0. The van der Waals surface area contributed by atoms with Crippen molar-refractivity contribution in [2.24, 2.45) is 11.7 Å². The molecular weight excluding hydrogens is 286 g/mol. The van der Waals surface area contributed by atoms with Gasteiger partial charge in [0.1, 0.15) is 0 Å². The molecule has 0 amide bonds. The Morgan fingerprint density at radius 3 is 2.05 bits per heavy atom. The molecule has 0 aliphatic heterocycles. The van der Waals surface area contributed by atoms with Gasteiger partial charge in [0, 0.05) is 31.7 Å². The summed E-state index contributed by atoms with van der Waals surface area (Å²) in [5, 5.41) is 0. The molecule has 1 saturated carbocycles.